The third-order valence-electron chi connectivity index (χ3n) is 4.23. The molecule has 0 bridgehead atoms. The molecule has 1 saturated heterocycles. The minimum Gasteiger partial charge on any atom is -0.406 e. The van der Waals surface area contributed by atoms with Crippen molar-refractivity contribution in [3.63, 3.8) is 0 Å². The van der Waals surface area contributed by atoms with E-state index in [9.17, 15) is 13.2 Å². The SMILES string of the molecule is C=CCCCC[C@@H](c1ccc(OC(F)(F)F)cc1)N1CCNCC1.Cl. The van der Waals surface area contributed by atoms with Gasteiger partial charge in [0.15, 0.2) is 0 Å². The highest BCUT2D eigenvalue weighted by Gasteiger charge is 2.31. The lowest BCUT2D eigenvalue weighted by Crippen LogP contribution is -2.45. The number of rotatable bonds is 8. The van der Waals surface area contributed by atoms with Gasteiger partial charge in [0.2, 0.25) is 0 Å². The Bertz CT molecular complexity index is 502. The predicted molar refractivity (Wildman–Crippen MR) is 96.2 cm³/mol. The maximum absolute atomic E-state index is 12.3. The summed E-state index contributed by atoms with van der Waals surface area (Å²) in [6.45, 7) is 7.53. The average molecular weight is 379 g/mol. The maximum Gasteiger partial charge on any atom is 0.573 e. The Morgan fingerprint density at radius 1 is 1.16 bits per heavy atom. The molecule has 7 heteroatoms. The fraction of sp³-hybridized carbons (Fsp3) is 0.556. The standard InChI is InChI=1S/C18H25F3N2O.ClH/c1-2-3-4-5-6-17(23-13-11-22-12-14-23)15-7-9-16(10-8-15)24-18(19,20)21;/h2,7-10,17,22H,1,3-6,11-14H2;1H/t17-;/m0./s1. The molecule has 1 aliphatic heterocycles. The van der Waals surface area contributed by atoms with E-state index < -0.39 is 6.36 Å². The van der Waals surface area contributed by atoms with Crippen molar-refractivity contribution in [3.05, 3.63) is 42.5 Å². The fourth-order valence-electron chi connectivity index (χ4n) is 3.07. The normalized spacial score (nSPS) is 16.8. The molecule has 1 atom stereocenters. The summed E-state index contributed by atoms with van der Waals surface area (Å²) in [5.74, 6) is -0.169. The number of benzene rings is 1. The largest absolute Gasteiger partial charge is 0.573 e. The van der Waals surface area contributed by atoms with Crippen molar-refractivity contribution in [1.82, 2.24) is 10.2 Å². The van der Waals surface area contributed by atoms with Gasteiger partial charge in [-0.1, -0.05) is 24.6 Å². The van der Waals surface area contributed by atoms with Crippen LogP contribution in [0.15, 0.2) is 36.9 Å². The van der Waals surface area contributed by atoms with Gasteiger partial charge < -0.3 is 10.1 Å². The van der Waals surface area contributed by atoms with Crippen LogP contribution in [-0.2, 0) is 0 Å². The highest BCUT2D eigenvalue weighted by atomic mass is 35.5. The number of ether oxygens (including phenoxy) is 1. The van der Waals surface area contributed by atoms with Crippen molar-refractivity contribution in [2.45, 2.75) is 38.1 Å². The second kappa shape index (κ2) is 10.7. The van der Waals surface area contributed by atoms with Gasteiger partial charge in [0.25, 0.3) is 0 Å². The first-order chi connectivity index (χ1) is 11.5. The van der Waals surface area contributed by atoms with Gasteiger partial charge in [-0.2, -0.15) is 0 Å². The van der Waals surface area contributed by atoms with Gasteiger partial charge in [0.1, 0.15) is 5.75 Å². The summed E-state index contributed by atoms with van der Waals surface area (Å²) in [6, 6.07) is 6.54. The minimum atomic E-state index is -4.65. The van der Waals surface area contributed by atoms with Crippen LogP contribution in [0.3, 0.4) is 0 Å². The van der Waals surface area contributed by atoms with Crippen molar-refractivity contribution < 1.29 is 17.9 Å². The quantitative estimate of drug-likeness (QED) is 0.524. The predicted octanol–water partition coefficient (Wildman–Crippen LogP) is 4.70. The molecule has 1 N–H and O–H groups in total. The molecule has 1 fully saturated rings. The monoisotopic (exact) mass is 378 g/mol. The van der Waals surface area contributed by atoms with Crippen molar-refractivity contribution in [2.24, 2.45) is 0 Å². The van der Waals surface area contributed by atoms with Gasteiger partial charge in [-0.3, -0.25) is 4.90 Å². The van der Waals surface area contributed by atoms with E-state index in [1.807, 2.05) is 6.08 Å². The highest BCUT2D eigenvalue weighted by molar-refractivity contribution is 5.85. The molecular weight excluding hydrogens is 353 g/mol. The second-order valence-electron chi connectivity index (χ2n) is 5.99. The fourth-order valence-corrected chi connectivity index (χ4v) is 3.07. The van der Waals surface area contributed by atoms with Gasteiger partial charge >= 0.3 is 6.36 Å². The number of nitrogens with zero attached hydrogens (tertiary/aromatic N) is 1. The zero-order valence-corrected chi connectivity index (χ0v) is 15.0. The lowest BCUT2D eigenvalue weighted by molar-refractivity contribution is -0.274. The molecule has 2 rings (SSSR count). The number of piperazine rings is 1. The second-order valence-corrected chi connectivity index (χ2v) is 5.99. The molecule has 142 valence electrons. The molecule has 3 nitrogen and oxygen atoms in total. The maximum atomic E-state index is 12.3. The first-order valence-corrected chi connectivity index (χ1v) is 8.41. The van der Waals surface area contributed by atoms with E-state index in [2.05, 4.69) is 21.5 Å². The summed E-state index contributed by atoms with van der Waals surface area (Å²) < 4.78 is 40.8. The molecule has 1 aliphatic rings. The van der Waals surface area contributed by atoms with Crippen LogP contribution in [0.4, 0.5) is 13.2 Å². The smallest absolute Gasteiger partial charge is 0.406 e. The molecule has 0 unspecified atom stereocenters. The number of alkyl halides is 3. The van der Waals surface area contributed by atoms with Crippen LogP contribution in [0.1, 0.15) is 37.3 Å². The Balaban J connectivity index is 0.00000312. The Labute approximate surface area is 153 Å². The minimum absolute atomic E-state index is 0. The Kier molecular flexibility index (Phi) is 9.32. The molecule has 0 radical (unpaired) electrons. The third-order valence-corrected chi connectivity index (χ3v) is 4.23. The zero-order valence-electron chi connectivity index (χ0n) is 14.2. The molecule has 0 saturated carbocycles. The van der Waals surface area contributed by atoms with E-state index in [1.54, 1.807) is 12.1 Å². The molecule has 1 heterocycles. The lowest BCUT2D eigenvalue weighted by Gasteiger charge is -2.35. The first kappa shape index (κ1) is 21.8. The Morgan fingerprint density at radius 2 is 1.80 bits per heavy atom. The van der Waals surface area contributed by atoms with Crippen molar-refractivity contribution in [2.75, 3.05) is 26.2 Å². The summed E-state index contributed by atoms with van der Waals surface area (Å²) in [5.41, 5.74) is 1.05. The average Bonchev–Trinajstić information content (AvgIpc) is 2.55. The molecule has 0 aromatic heterocycles. The van der Waals surface area contributed by atoms with Gasteiger partial charge in [-0.25, -0.2) is 0 Å². The number of nitrogens with one attached hydrogen (secondary N) is 1. The van der Waals surface area contributed by atoms with Gasteiger partial charge in [0, 0.05) is 32.2 Å². The lowest BCUT2D eigenvalue weighted by atomic mass is 9.98. The van der Waals surface area contributed by atoms with E-state index in [4.69, 9.17) is 0 Å². The number of hydrogen-bond acceptors (Lipinski definition) is 3. The molecule has 0 amide bonds. The first-order valence-electron chi connectivity index (χ1n) is 8.41. The van der Waals surface area contributed by atoms with Crippen LogP contribution in [0, 0.1) is 0 Å². The van der Waals surface area contributed by atoms with Crippen LogP contribution in [0.2, 0.25) is 0 Å². The molecule has 0 spiro atoms. The molecule has 1 aromatic rings. The van der Waals surface area contributed by atoms with Crippen LogP contribution in [-0.4, -0.2) is 37.4 Å². The van der Waals surface area contributed by atoms with Crippen LogP contribution >= 0.6 is 12.4 Å². The molecule has 1 aromatic carbocycles. The van der Waals surface area contributed by atoms with Crippen molar-refractivity contribution in [3.8, 4) is 5.75 Å². The third kappa shape index (κ3) is 7.67. The zero-order chi connectivity index (χ0) is 17.4. The number of unbranched alkanes of at least 4 members (excludes halogenated alkanes) is 2. The van der Waals surface area contributed by atoms with Crippen molar-refractivity contribution >= 4 is 12.4 Å². The van der Waals surface area contributed by atoms with Crippen LogP contribution < -0.4 is 10.1 Å². The van der Waals surface area contributed by atoms with Crippen LogP contribution in [0.25, 0.3) is 0 Å². The van der Waals surface area contributed by atoms with Gasteiger partial charge in [-0.05, 0) is 37.0 Å². The Hall–Kier alpha value is -1.24. The number of hydrogen-bond donors (Lipinski definition) is 1. The molecule has 0 aliphatic carbocycles. The van der Waals surface area contributed by atoms with Crippen LogP contribution in [0.5, 0.6) is 5.75 Å². The number of halogens is 4. The Morgan fingerprint density at radius 3 is 2.36 bits per heavy atom. The molecule has 25 heavy (non-hydrogen) atoms. The summed E-state index contributed by atoms with van der Waals surface area (Å²) in [5, 5.41) is 3.33. The van der Waals surface area contributed by atoms with E-state index in [0.29, 0.717) is 0 Å². The summed E-state index contributed by atoms with van der Waals surface area (Å²) in [7, 11) is 0. The highest BCUT2D eigenvalue weighted by Crippen LogP contribution is 2.30. The van der Waals surface area contributed by atoms with Gasteiger partial charge in [-0.15, -0.1) is 32.2 Å². The summed E-state index contributed by atoms with van der Waals surface area (Å²) in [4.78, 5) is 2.41. The van der Waals surface area contributed by atoms with E-state index in [1.165, 1.54) is 12.1 Å². The van der Waals surface area contributed by atoms with Gasteiger partial charge in [0.05, 0.1) is 0 Å². The van der Waals surface area contributed by atoms with E-state index in [-0.39, 0.29) is 24.2 Å². The summed E-state index contributed by atoms with van der Waals surface area (Å²) in [6.07, 6.45) is 1.41. The van der Waals surface area contributed by atoms with Crippen molar-refractivity contribution in [1.29, 1.82) is 0 Å². The molecular formula is C18H26ClF3N2O. The number of allylic oxidation sites excluding steroid dienone is 1. The van der Waals surface area contributed by atoms with E-state index in [0.717, 1.165) is 57.4 Å². The van der Waals surface area contributed by atoms with E-state index >= 15 is 0 Å². The topological polar surface area (TPSA) is 24.5 Å². The summed E-state index contributed by atoms with van der Waals surface area (Å²) >= 11 is 0.